The van der Waals surface area contributed by atoms with E-state index in [2.05, 4.69) is 5.32 Å². The molecule has 4 atom stereocenters. The third-order valence-electron chi connectivity index (χ3n) is 7.35. The Morgan fingerprint density at radius 3 is 2.36 bits per heavy atom. The molecule has 0 radical (unpaired) electrons. The van der Waals surface area contributed by atoms with Crippen molar-refractivity contribution in [2.24, 2.45) is 11.8 Å². The van der Waals surface area contributed by atoms with Gasteiger partial charge >= 0.3 is 0 Å². The molecule has 5 rings (SSSR count). The second-order valence-corrected chi connectivity index (χ2v) is 9.37. The van der Waals surface area contributed by atoms with Crippen molar-refractivity contribution in [2.45, 2.75) is 32.5 Å². The fourth-order valence-corrected chi connectivity index (χ4v) is 5.76. The lowest BCUT2D eigenvalue weighted by Crippen LogP contribution is -2.48. The highest BCUT2D eigenvalue weighted by Crippen LogP contribution is 2.48. The number of nitrogens with one attached hydrogen (secondary N) is 1. The number of hydrogen-bond donors (Lipinski definition) is 2. The summed E-state index contributed by atoms with van der Waals surface area (Å²) in [7, 11) is 0. The Morgan fingerprint density at radius 1 is 1.03 bits per heavy atom. The predicted octanol–water partition coefficient (Wildman–Crippen LogP) is 3.70. The minimum absolute atomic E-state index is 0.155. The van der Waals surface area contributed by atoms with Crippen LogP contribution in [0.25, 0.3) is 17.2 Å². The molecule has 3 heterocycles. The van der Waals surface area contributed by atoms with Crippen molar-refractivity contribution in [2.75, 3.05) is 11.9 Å². The van der Waals surface area contributed by atoms with Gasteiger partial charge < -0.3 is 19.9 Å². The van der Waals surface area contributed by atoms with Gasteiger partial charge in [-0.1, -0.05) is 54.6 Å². The van der Waals surface area contributed by atoms with Crippen molar-refractivity contribution < 1.29 is 14.7 Å². The second-order valence-electron chi connectivity index (χ2n) is 9.37. The van der Waals surface area contributed by atoms with Crippen LogP contribution >= 0.6 is 0 Å². The van der Waals surface area contributed by atoms with Gasteiger partial charge in [-0.15, -0.1) is 0 Å². The molecule has 2 aromatic carbocycles. The number of amides is 2. The van der Waals surface area contributed by atoms with E-state index in [1.54, 1.807) is 27.7 Å². The number of rotatable bonds is 5. The zero-order chi connectivity index (χ0) is 25.4. The molecular formula is C29H29N3O4. The van der Waals surface area contributed by atoms with Crippen LogP contribution in [-0.2, 0) is 16.1 Å². The van der Waals surface area contributed by atoms with Gasteiger partial charge in [0.2, 0.25) is 11.8 Å². The number of hydrogen-bond acceptors (Lipinski definition) is 4. The van der Waals surface area contributed by atoms with Crippen molar-refractivity contribution in [3.63, 3.8) is 0 Å². The first kappa shape index (κ1) is 23.8. The summed E-state index contributed by atoms with van der Waals surface area (Å²) in [5.74, 6) is -1.65. The topological polar surface area (TPSA) is 91.6 Å². The first-order chi connectivity index (χ1) is 17.4. The van der Waals surface area contributed by atoms with Crippen LogP contribution in [0.4, 0.5) is 5.69 Å². The largest absolute Gasteiger partial charge is 0.396 e. The molecule has 0 unspecified atom stereocenters. The number of carbonyl (C=O) groups is 2. The molecular weight excluding hydrogens is 454 g/mol. The summed E-state index contributed by atoms with van der Waals surface area (Å²) in [6, 6.07) is 20.0. The van der Waals surface area contributed by atoms with Gasteiger partial charge in [-0.3, -0.25) is 14.4 Å². The standard InChI is InChI=1S/C29H29N3O4/c1-3-7-21-12-15-24-27-26(23(17-33)25(32(27)18(2)34)16-31(24)29(21)36)28(35)30-22-13-10-20(11-14-22)19-8-5-4-6-9-19/h3-15,23,25-27,33H,16-17H2,1-2H3,(H,30,35)/b7-3-/t23-,25-,26+,27+/m0/s1. The van der Waals surface area contributed by atoms with Gasteiger partial charge in [0, 0.05) is 42.9 Å². The molecule has 1 saturated heterocycles. The number of fused-ring (bicyclic) bond motifs is 4. The van der Waals surface area contributed by atoms with Crippen LogP contribution in [0.1, 0.15) is 31.1 Å². The van der Waals surface area contributed by atoms with E-state index in [9.17, 15) is 19.5 Å². The van der Waals surface area contributed by atoms with Gasteiger partial charge in [-0.2, -0.15) is 0 Å². The average molecular weight is 484 g/mol. The van der Waals surface area contributed by atoms with Gasteiger partial charge in [0.05, 0.1) is 18.0 Å². The molecule has 1 fully saturated rings. The fourth-order valence-electron chi connectivity index (χ4n) is 5.76. The first-order valence-electron chi connectivity index (χ1n) is 12.2. The van der Waals surface area contributed by atoms with Crippen LogP contribution in [-0.4, -0.2) is 39.0 Å². The molecule has 184 valence electrons. The molecule has 2 N–H and O–H groups in total. The molecule has 36 heavy (non-hydrogen) atoms. The summed E-state index contributed by atoms with van der Waals surface area (Å²) in [5.41, 5.74) is 3.77. The van der Waals surface area contributed by atoms with Crippen molar-refractivity contribution in [3.8, 4) is 11.1 Å². The number of aliphatic hydroxyl groups excluding tert-OH is 1. The lowest BCUT2D eigenvalue weighted by molar-refractivity contribution is -0.134. The molecule has 0 saturated carbocycles. The minimum Gasteiger partial charge on any atom is -0.396 e. The van der Waals surface area contributed by atoms with Gasteiger partial charge in [-0.05, 0) is 42.3 Å². The van der Waals surface area contributed by atoms with E-state index < -0.39 is 23.9 Å². The molecule has 2 amide bonds. The predicted molar refractivity (Wildman–Crippen MR) is 139 cm³/mol. The van der Waals surface area contributed by atoms with Crippen LogP contribution < -0.4 is 10.9 Å². The number of aromatic nitrogens is 1. The molecule has 3 aromatic rings. The highest BCUT2D eigenvalue weighted by atomic mass is 16.3. The Bertz CT molecular complexity index is 1380. The summed E-state index contributed by atoms with van der Waals surface area (Å²) in [6.45, 7) is 3.30. The Kier molecular flexibility index (Phi) is 6.33. The van der Waals surface area contributed by atoms with Crippen LogP contribution in [0.15, 0.2) is 77.6 Å². The third kappa shape index (κ3) is 3.95. The quantitative estimate of drug-likeness (QED) is 0.579. The number of nitrogens with zero attached hydrogens (tertiary/aromatic N) is 2. The zero-order valence-electron chi connectivity index (χ0n) is 20.3. The number of anilines is 1. The smallest absolute Gasteiger partial charge is 0.258 e. The molecule has 7 nitrogen and oxygen atoms in total. The SMILES string of the molecule is C/C=C\c1ccc2n(c1=O)C[C@H]1[C@H](CO)[C@@H](C(=O)Nc3ccc(-c4ccccc4)cc3)[C@@H]2N1C(C)=O. The Balaban J connectivity index is 1.49. The number of benzene rings is 2. The zero-order valence-corrected chi connectivity index (χ0v) is 20.3. The summed E-state index contributed by atoms with van der Waals surface area (Å²) >= 11 is 0. The van der Waals surface area contributed by atoms with E-state index in [1.807, 2.05) is 67.6 Å². The highest BCUT2D eigenvalue weighted by molar-refractivity contribution is 5.94. The normalized spacial score (nSPS) is 22.5. The van der Waals surface area contributed by atoms with Crippen molar-refractivity contribution in [3.05, 3.63) is 94.4 Å². The fraction of sp³-hybridized carbons (Fsp3) is 0.276. The van der Waals surface area contributed by atoms with Gasteiger partial charge in [0.25, 0.3) is 5.56 Å². The van der Waals surface area contributed by atoms with Gasteiger partial charge in [0.15, 0.2) is 0 Å². The maximum atomic E-state index is 13.7. The van der Waals surface area contributed by atoms with Gasteiger partial charge in [0.1, 0.15) is 0 Å². The van der Waals surface area contributed by atoms with E-state index in [0.717, 1.165) is 11.1 Å². The molecule has 7 heteroatoms. The lowest BCUT2D eigenvalue weighted by Gasteiger charge is -2.37. The maximum Gasteiger partial charge on any atom is 0.258 e. The summed E-state index contributed by atoms with van der Waals surface area (Å²) in [4.78, 5) is 41.2. The summed E-state index contributed by atoms with van der Waals surface area (Å²) in [5, 5.41) is 13.3. The Morgan fingerprint density at radius 2 is 1.72 bits per heavy atom. The number of pyridine rings is 1. The van der Waals surface area contributed by atoms with E-state index in [0.29, 0.717) is 16.9 Å². The van der Waals surface area contributed by atoms with Crippen molar-refractivity contribution in [1.29, 1.82) is 0 Å². The average Bonchev–Trinajstić information content (AvgIpc) is 3.14. The number of allylic oxidation sites excluding steroid dienone is 1. The second kappa shape index (κ2) is 9.59. The third-order valence-corrected chi connectivity index (χ3v) is 7.35. The van der Waals surface area contributed by atoms with E-state index in [4.69, 9.17) is 0 Å². The highest BCUT2D eigenvalue weighted by Gasteiger charge is 2.56. The molecule has 1 aromatic heterocycles. The van der Waals surface area contributed by atoms with Gasteiger partial charge in [-0.25, -0.2) is 0 Å². The van der Waals surface area contributed by atoms with E-state index in [-0.39, 0.29) is 30.5 Å². The van der Waals surface area contributed by atoms with E-state index in [1.165, 1.54) is 6.92 Å². The van der Waals surface area contributed by atoms with Crippen LogP contribution in [0.2, 0.25) is 0 Å². The van der Waals surface area contributed by atoms with Crippen LogP contribution in [0.5, 0.6) is 0 Å². The lowest BCUT2D eigenvalue weighted by atomic mass is 9.86. The molecule has 2 aliphatic heterocycles. The Labute approximate surface area is 209 Å². The molecule has 0 spiro atoms. The van der Waals surface area contributed by atoms with E-state index >= 15 is 0 Å². The van der Waals surface area contributed by atoms with Crippen LogP contribution in [0, 0.1) is 11.8 Å². The molecule has 2 aliphatic rings. The Hall–Kier alpha value is -3.97. The number of aliphatic hydroxyl groups is 1. The number of carbonyl (C=O) groups excluding carboxylic acids is 2. The van der Waals surface area contributed by atoms with Crippen molar-refractivity contribution >= 4 is 23.6 Å². The molecule has 0 aliphatic carbocycles. The minimum atomic E-state index is -0.696. The molecule has 2 bridgehead atoms. The van der Waals surface area contributed by atoms with Crippen LogP contribution in [0.3, 0.4) is 0 Å². The van der Waals surface area contributed by atoms with Crippen molar-refractivity contribution in [1.82, 2.24) is 9.47 Å². The summed E-state index contributed by atoms with van der Waals surface area (Å²) < 4.78 is 1.66. The summed E-state index contributed by atoms with van der Waals surface area (Å²) in [6.07, 6.45) is 3.56. The monoisotopic (exact) mass is 483 g/mol. The first-order valence-corrected chi connectivity index (χ1v) is 12.2. The maximum absolute atomic E-state index is 13.7.